The van der Waals surface area contributed by atoms with Gasteiger partial charge >= 0.3 is 0 Å². The van der Waals surface area contributed by atoms with Gasteiger partial charge in [0.05, 0.1) is 6.20 Å². The molecule has 6 nitrogen and oxygen atoms in total. The van der Waals surface area contributed by atoms with Crippen LogP contribution in [0.2, 0.25) is 0 Å². The van der Waals surface area contributed by atoms with Crippen molar-refractivity contribution in [2.24, 2.45) is 5.41 Å². The summed E-state index contributed by atoms with van der Waals surface area (Å²) in [5.74, 6) is 1.45. The summed E-state index contributed by atoms with van der Waals surface area (Å²) in [5, 5.41) is 10.4. The molecule has 28 heavy (non-hydrogen) atoms. The Kier molecular flexibility index (Phi) is 4.79. The summed E-state index contributed by atoms with van der Waals surface area (Å²) in [6, 6.07) is 4.32. The third-order valence-corrected chi connectivity index (χ3v) is 6.00. The quantitative estimate of drug-likeness (QED) is 0.593. The van der Waals surface area contributed by atoms with Crippen molar-refractivity contribution in [2.45, 2.75) is 53.0 Å². The number of aromatic nitrogens is 5. The molecule has 1 aliphatic carbocycles. The molecule has 3 aromatic rings. The maximum Gasteiger partial charge on any atom is 0.161 e. The molecule has 0 aromatic carbocycles. The van der Waals surface area contributed by atoms with Crippen LogP contribution in [0.4, 0.5) is 11.6 Å². The van der Waals surface area contributed by atoms with Gasteiger partial charge in [-0.05, 0) is 39.2 Å². The number of nitrogens with zero attached hydrogens (tertiary/aromatic N) is 4. The molecule has 2 atom stereocenters. The van der Waals surface area contributed by atoms with E-state index >= 15 is 0 Å². The molecule has 0 saturated carbocycles. The Morgan fingerprint density at radius 3 is 2.89 bits per heavy atom. The fraction of sp³-hybridized carbons (Fsp3) is 0.409. The van der Waals surface area contributed by atoms with Gasteiger partial charge in [-0.25, -0.2) is 9.97 Å². The zero-order valence-corrected chi connectivity index (χ0v) is 17.0. The van der Waals surface area contributed by atoms with E-state index in [4.69, 9.17) is 4.98 Å². The molecule has 0 spiro atoms. The maximum absolute atomic E-state index is 4.82. The summed E-state index contributed by atoms with van der Waals surface area (Å²) in [4.78, 5) is 9.40. The summed E-state index contributed by atoms with van der Waals surface area (Å²) in [7, 11) is 0. The zero-order valence-electron chi connectivity index (χ0n) is 17.0. The van der Waals surface area contributed by atoms with Gasteiger partial charge in [0, 0.05) is 29.4 Å². The lowest BCUT2D eigenvalue weighted by molar-refractivity contribution is 0.462. The van der Waals surface area contributed by atoms with E-state index in [-0.39, 0.29) is 5.41 Å². The fourth-order valence-corrected chi connectivity index (χ4v) is 3.77. The zero-order chi connectivity index (χ0) is 19.7. The Morgan fingerprint density at radius 1 is 1.29 bits per heavy atom. The second-order valence-corrected chi connectivity index (χ2v) is 7.93. The highest BCUT2D eigenvalue weighted by Crippen LogP contribution is 2.36. The number of hydrogen-bond donors (Lipinski definition) is 2. The Balaban J connectivity index is 1.63. The van der Waals surface area contributed by atoms with Crippen molar-refractivity contribution in [3.05, 3.63) is 54.0 Å². The van der Waals surface area contributed by atoms with Gasteiger partial charge in [0.25, 0.3) is 0 Å². The number of allylic oxidation sites excluding steroid dienone is 4. The molecule has 0 fully saturated rings. The van der Waals surface area contributed by atoms with Crippen molar-refractivity contribution in [1.29, 1.82) is 0 Å². The van der Waals surface area contributed by atoms with E-state index in [1.807, 2.05) is 19.1 Å². The Morgan fingerprint density at radius 2 is 2.14 bits per heavy atom. The van der Waals surface area contributed by atoms with E-state index in [0.29, 0.717) is 11.9 Å². The first kappa shape index (κ1) is 18.5. The molecule has 2 N–H and O–H groups in total. The summed E-state index contributed by atoms with van der Waals surface area (Å²) in [6.07, 6.45) is 14.1. The minimum atomic E-state index is 0.169. The highest BCUT2D eigenvalue weighted by molar-refractivity contribution is 5.73. The van der Waals surface area contributed by atoms with Crippen LogP contribution in [0.25, 0.3) is 11.2 Å². The van der Waals surface area contributed by atoms with E-state index in [9.17, 15) is 0 Å². The maximum atomic E-state index is 4.82. The van der Waals surface area contributed by atoms with Gasteiger partial charge in [-0.3, -0.25) is 5.10 Å². The number of H-pyrrole nitrogens is 1. The van der Waals surface area contributed by atoms with E-state index in [1.54, 1.807) is 6.20 Å². The molecule has 6 heteroatoms. The number of hydrogen-bond acceptors (Lipinski definition) is 4. The number of rotatable bonds is 4. The molecule has 0 aliphatic heterocycles. The monoisotopic (exact) mass is 376 g/mol. The molecular formula is C22H28N6. The van der Waals surface area contributed by atoms with Crippen molar-refractivity contribution in [2.75, 3.05) is 5.32 Å². The van der Waals surface area contributed by atoms with Crippen LogP contribution in [0.1, 0.15) is 51.8 Å². The summed E-state index contributed by atoms with van der Waals surface area (Å²) < 4.78 is 2.26. The predicted molar refractivity (Wildman–Crippen MR) is 114 cm³/mol. The standard InChI is InChI=1S/C22H28N6/c1-5-22(4)11-6-7-17(9-8-15(22)2)28-12-10-18-21(28)25-20(14-23-18)24-19-13-16(3)26-27-19/h6,8,10-14,17H,5,7,9H2,1-4H3,(H2,24,25,26,27)/b11-6-,15-8+. The number of aryl methyl sites for hydroxylation is 1. The lowest BCUT2D eigenvalue weighted by atomic mass is 9.78. The average Bonchev–Trinajstić information content (AvgIpc) is 3.28. The van der Waals surface area contributed by atoms with Gasteiger partial charge in [-0.2, -0.15) is 5.10 Å². The van der Waals surface area contributed by atoms with E-state index in [2.05, 4.69) is 70.3 Å². The van der Waals surface area contributed by atoms with Crippen LogP contribution >= 0.6 is 0 Å². The van der Waals surface area contributed by atoms with Crippen LogP contribution < -0.4 is 5.32 Å². The summed E-state index contributed by atoms with van der Waals surface area (Å²) in [5.41, 5.74) is 4.43. The van der Waals surface area contributed by atoms with Gasteiger partial charge in [-0.1, -0.05) is 37.6 Å². The lowest BCUT2D eigenvalue weighted by Crippen LogP contribution is -2.17. The SMILES string of the molecule is CCC1(C)/C=C\CC(n2ccc3ncc(Nc4cc(C)[nH]n4)nc32)C/C=C/1C. The molecule has 2 unspecified atom stereocenters. The molecule has 0 bridgehead atoms. The van der Waals surface area contributed by atoms with E-state index in [1.165, 1.54) is 5.57 Å². The molecular weight excluding hydrogens is 348 g/mol. The van der Waals surface area contributed by atoms with Crippen LogP contribution in [0.15, 0.2) is 48.3 Å². The number of aromatic amines is 1. The van der Waals surface area contributed by atoms with Crippen LogP contribution in [-0.4, -0.2) is 24.7 Å². The first-order valence-electron chi connectivity index (χ1n) is 9.96. The fourth-order valence-electron chi connectivity index (χ4n) is 3.77. The number of nitrogens with one attached hydrogen (secondary N) is 2. The molecule has 3 heterocycles. The van der Waals surface area contributed by atoms with Gasteiger partial charge in [0.2, 0.25) is 0 Å². The first-order valence-corrected chi connectivity index (χ1v) is 9.96. The Bertz CT molecular complexity index is 1040. The van der Waals surface area contributed by atoms with Gasteiger partial charge in [-0.15, -0.1) is 0 Å². The van der Waals surface area contributed by atoms with Crippen molar-refractivity contribution < 1.29 is 0 Å². The predicted octanol–water partition coefficient (Wildman–Crippen LogP) is 5.46. The van der Waals surface area contributed by atoms with Gasteiger partial charge in [0.1, 0.15) is 5.52 Å². The lowest BCUT2D eigenvalue weighted by Gasteiger charge is -2.29. The van der Waals surface area contributed by atoms with Gasteiger partial charge < -0.3 is 9.88 Å². The smallest absolute Gasteiger partial charge is 0.161 e. The van der Waals surface area contributed by atoms with Crippen molar-refractivity contribution >= 4 is 22.8 Å². The van der Waals surface area contributed by atoms with Crippen molar-refractivity contribution in [3.63, 3.8) is 0 Å². The van der Waals surface area contributed by atoms with Crippen LogP contribution in [0.5, 0.6) is 0 Å². The van der Waals surface area contributed by atoms with Crippen molar-refractivity contribution in [3.8, 4) is 0 Å². The molecule has 4 rings (SSSR count). The second kappa shape index (κ2) is 7.26. The van der Waals surface area contributed by atoms with Crippen molar-refractivity contribution in [1.82, 2.24) is 24.7 Å². The highest BCUT2D eigenvalue weighted by Gasteiger charge is 2.23. The third kappa shape index (κ3) is 3.46. The molecule has 3 aromatic heterocycles. The first-order chi connectivity index (χ1) is 13.5. The van der Waals surface area contributed by atoms with E-state index in [0.717, 1.165) is 41.9 Å². The van der Waals surface area contributed by atoms with Gasteiger partial charge in [0.15, 0.2) is 17.3 Å². The summed E-state index contributed by atoms with van der Waals surface area (Å²) in [6.45, 7) is 8.79. The van der Waals surface area contributed by atoms with E-state index < -0.39 is 0 Å². The summed E-state index contributed by atoms with van der Waals surface area (Å²) >= 11 is 0. The molecule has 1 aliphatic rings. The largest absolute Gasteiger partial charge is 0.327 e. The molecule has 0 radical (unpaired) electrons. The highest BCUT2D eigenvalue weighted by atomic mass is 15.2. The minimum absolute atomic E-state index is 0.169. The topological polar surface area (TPSA) is 71.4 Å². The second-order valence-electron chi connectivity index (χ2n) is 7.93. The Labute approximate surface area is 165 Å². The molecule has 0 amide bonds. The van der Waals surface area contributed by atoms with Crippen LogP contribution in [0.3, 0.4) is 0 Å². The Hall–Kier alpha value is -2.89. The molecule has 0 saturated heterocycles. The number of fused-ring (bicyclic) bond motifs is 1. The third-order valence-electron chi connectivity index (χ3n) is 6.00. The number of anilines is 2. The van der Waals surface area contributed by atoms with Crippen LogP contribution in [0, 0.1) is 12.3 Å². The normalized spacial score (nSPS) is 25.7. The average molecular weight is 377 g/mol. The minimum Gasteiger partial charge on any atom is -0.327 e. The molecule has 146 valence electrons. The van der Waals surface area contributed by atoms with Crippen LogP contribution in [-0.2, 0) is 0 Å².